The number of hydrogen-bond acceptors (Lipinski definition) is 4. The van der Waals surface area contributed by atoms with E-state index < -0.39 is 24.2 Å². The summed E-state index contributed by atoms with van der Waals surface area (Å²) in [7, 11) is 0. The molecule has 1 heterocycles. The number of aliphatic hydroxyl groups excluding tert-OH is 3. The smallest absolute Gasteiger partial charge is 0.396 e. The van der Waals surface area contributed by atoms with Crippen molar-refractivity contribution in [2.24, 2.45) is 11.7 Å². The molecule has 1 aliphatic rings. The summed E-state index contributed by atoms with van der Waals surface area (Å²) in [6, 6.07) is 4.45. The predicted octanol–water partition coefficient (Wildman–Crippen LogP) is -1.28. The minimum atomic E-state index is -1.00. The van der Waals surface area contributed by atoms with Crippen LogP contribution in [0.2, 0.25) is 0 Å². The lowest BCUT2D eigenvalue weighted by Gasteiger charge is -2.16. The lowest BCUT2D eigenvalue weighted by molar-refractivity contribution is -0.580. The van der Waals surface area contributed by atoms with Crippen molar-refractivity contribution < 1.29 is 24.7 Å². The molecule has 1 aliphatic carbocycles. The molecule has 4 unspecified atom stereocenters. The average Bonchev–Trinajstić information content (AvgIpc) is 2.66. The molecular formula is C12H17N2O4+. The summed E-state index contributed by atoms with van der Waals surface area (Å²) in [4.78, 5) is 11.3. The highest BCUT2D eigenvalue weighted by molar-refractivity contribution is 5.61. The van der Waals surface area contributed by atoms with Crippen LogP contribution in [0.1, 0.15) is 18.0 Å². The molecule has 0 aliphatic heterocycles. The molecule has 1 saturated carbocycles. The number of nitrogens with two attached hydrogens (primary N) is 1. The Morgan fingerprint density at radius 2 is 2.11 bits per heavy atom. The molecule has 0 aromatic carbocycles. The molecule has 0 bridgehead atoms. The van der Waals surface area contributed by atoms with Crippen molar-refractivity contribution in [2.45, 2.75) is 24.5 Å². The van der Waals surface area contributed by atoms with E-state index in [1.54, 1.807) is 18.2 Å². The molecule has 6 heteroatoms. The van der Waals surface area contributed by atoms with Crippen LogP contribution in [-0.4, -0.2) is 40.2 Å². The highest BCUT2D eigenvalue weighted by atomic mass is 16.3. The molecule has 4 atom stereocenters. The Hall–Kier alpha value is -1.50. The Morgan fingerprint density at radius 1 is 1.39 bits per heavy atom. The molecule has 6 nitrogen and oxygen atoms in total. The van der Waals surface area contributed by atoms with Crippen molar-refractivity contribution >= 4 is 6.03 Å². The molecule has 1 fully saturated rings. The van der Waals surface area contributed by atoms with Gasteiger partial charge in [0.25, 0.3) is 0 Å². The number of amides is 1. The second-order valence-corrected chi connectivity index (χ2v) is 4.60. The first-order valence-electron chi connectivity index (χ1n) is 5.83. The lowest BCUT2D eigenvalue weighted by Crippen LogP contribution is -2.51. The van der Waals surface area contributed by atoms with Crippen molar-refractivity contribution in [1.29, 1.82) is 0 Å². The standard InChI is InChI=1S/C12H16N2O4/c13-12(18)14-4-2-1-3-9(14)8-5-7(6-15)10(16)11(8)17/h1-4,7-8,10-11,15-17H,5-6H2,(H-,13,18)/p+1. The van der Waals surface area contributed by atoms with Crippen molar-refractivity contribution in [1.82, 2.24) is 0 Å². The number of carbonyl (C=O) groups excluding carboxylic acids is 1. The summed E-state index contributed by atoms with van der Waals surface area (Å²) in [5.41, 5.74) is 5.81. The van der Waals surface area contributed by atoms with E-state index in [2.05, 4.69) is 0 Å². The van der Waals surface area contributed by atoms with Gasteiger partial charge in [-0.15, -0.1) is 0 Å². The maximum Gasteiger partial charge on any atom is 0.493 e. The molecule has 1 amide bonds. The fourth-order valence-corrected chi connectivity index (χ4v) is 2.56. The van der Waals surface area contributed by atoms with E-state index in [-0.39, 0.29) is 12.5 Å². The molecule has 2 rings (SSSR count). The molecule has 18 heavy (non-hydrogen) atoms. The Balaban J connectivity index is 2.35. The summed E-state index contributed by atoms with van der Waals surface area (Å²) in [5.74, 6) is -0.794. The summed E-state index contributed by atoms with van der Waals surface area (Å²) in [5, 5.41) is 28.9. The summed E-state index contributed by atoms with van der Waals surface area (Å²) in [6.45, 7) is -0.196. The first-order chi connectivity index (χ1) is 8.56. The number of nitrogens with zero attached hydrogens (tertiary/aromatic N) is 1. The zero-order chi connectivity index (χ0) is 13.3. The van der Waals surface area contributed by atoms with E-state index in [0.29, 0.717) is 12.1 Å². The Bertz CT molecular complexity index is 451. The van der Waals surface area contributed by atoms with Crippen LogP contribution in [-0.2, 0) is 0 Å². The molecule has 5 N–H and O–H groups in total. The van der Waals surface area contributed by atoms with Gasteiger partial charge in [0.05, 0.1) is 24.3 Å². The topological polar surface area (TPSA) is 108 Å². The van der Waals surface area contributed by atoms with Crippen molar-refractivity contribution in [3.63, 3.8) is 0 Å². The Kier molecular flexibility index (Phi) is 3.60. The maximum absolute atomic E-state index is 11.3. The Labute approximate surface area is 104 Å². The molecule has 1 aromatic heterocycles. The minimum Gasteiger partial charge on any atom is -0.396 e. The minimum absolute atomic E-state index is 0.196. The van der Waals surface area contributed by atoms with Gasteiger partial charge >= 0.3 is 6.03 Å². The van der Waals surface area contributed by atoms with Crippen LogP contribution in [0.25, 0.3) is 0 Å². The van der Waals surface area contributed by atoms with Gasteiger partial charge in [0.2, 0.25) is 0 Å². The summed E-state index contributed by atoms with van der Waals surface area (Å²) < 4.78 is 1.25. The van der Waals surface area contributed by atoms with E-state index in [4.69, 9.17) is 10.8 Å². The molecule has 0 saturated heterocycles. The van der Waals surface area contributed by atoms with Crippen LogP contribution < -0.4 is 10.3 Å². The number of carbonyl (C=O) groups is 1. The van der Waals surface area contributed by atoms with Gasteiger partial charge in [-0.1, -0.05) is 6.07 Å². The van der Waals surface area contributed by atoms with Gasteiger partial charge in [0.15, 0.2) is 0 Å². The quantitative estimate of drug-likeness (QED) is 0.492. The number of primary amides is 1. The predicted molar refractivity (Wildman–Crippen MR) is 61.6 cm³/mol. The van der Waals surface area contributed by atoms with Crippen LogP contribution in [0, 0.1) is 5.92 Å². The first kappa shape index (κ1) is 12.9. The van der Waals surface area contributed by atoms with Gasteiger partial charge < -0.3 is 15.3 Å². The summed E-state index contributed by atoms with van der Waals surface area (Å²) >= 11 is 0. The monoisotopic (exact) mass is 253 g/mol. The third-order valence-corrected chi connectivity index (χ3v) is 3.55. The lowest BCUT2D eigenvalue weighted by atomic mass is 9.99. The van der Waals surface area contributed by atoms with Crippen molar-refractivity contribution in [3.05, 3.63) is 30.1 Å². The van der Waals surface area contributed by atoms with Crippen LogP contribution >= 0.6 is 0 Å². The molecular weight excluding hydrogens is 236 g/mol. The zero-order valence-corrected chi connectivity index (χ0v) is 9.81. The summed E-state index contributed by atoms with van der Waals surface area (Å²) in [6.07, 6.45) is -0.0595. The normalized spacial score (nSPS) is 31.5. The van der Waals surface area contributed by atoms with Gasteiger partial charge in [-0.05, 0) is 18.6 Å². The van der Waals surface area contributed by atoms with Gasteiger partial charge in [-0.2, -0.15) is 9.36 Å². The molecule has 98 valence electrons. The van der Waals surface area contributed by atoms with Crippen LogP contribution in [0.5, 0.6) is 0 Å². The first-order valence-corrected chi connectivity index (χ1v) is 5.83. The fourth-order valence-electron chi connectivity index (χ4n) is 2.56. The SMILES string of the molecule is NC(=O)[n+]1ccccc1C1CC(CO)C(O)C1O. The van der Waals surface area contributed by atoms with Crippen molar-refractivity contribution in [2.75, 3.05) is 6.61 Å². The van der Waals surface area contributed by atoms with Gasteiger partial charge in [0, 0.05) is 12.5 Å². The number of pyridine rings is 1. The van der Waals surface area contributed by atoms with E-state index in [1.807, 2.05) is 0 Å². The number of aliphatic hydroxyl groups is 3. The Morgan fingerprint density at radius 3 is 2.67 bits per heavy atom. The van der Waals surface area contributed by atoms with Crippen LogP contribution in [0.15, 0.2) is 24.4 Å². The maximum atomic E-state index is 11.3. The van der Waals surface area contributed by atoms with Gasteiger partial charge in [-0.25, -0.2) is 0 Å². The zero-order valence-electron chi connectivity index (χ0n) is 9.81. The van der Waals surface area contributed by atoms with Crippen LogP contribution in [0.4, 0.5) is 4.79 Å². The number of hydrogen-bond donors (Lipinski definition) is 4. The molecule has 1 aromatic rings. The van der Waals surface area contributed by atoms with Gasteiger partial charge in [0.1, 0.15) is 5.69 Å². The second kappa shape index (κ2) is 5.01. The average molecular weight is 253 g/mol. The third-order valence-electron chi connectivity index (χ3n) is 3.55. The largest absolute Gasteiger partial charge is 0.493 e. The highest BCUT2D eigenvalue weighted by Crippen LogP contribution is 2.37. The third kappa shape index (κ3) is 2.10. The van der Waals surface area contributed by atoms with E-state index in [0.717, 1.165) is 0 Å². The van der Waals surface area contributed by atoms with Crippen LogP contribution in [0.3, 0.4) is 0 Å². The highest BCUT2D eigenvalue weighted by Gasteiger charge is 2.44. The van der Waals surface area contributed by atoms with Gasteiger partial charge in [-0.3, -0.25) is 5.73 Å². The number of rotatable bonds is 2. The molecule has 0 radical (unpaired) electrons. The van der Waals surface area contributed by atoms with Crippen molar-refractivity contribution in [3.8, 4) is 0 Å². The second-order valence-electron chi connectivity index (χ2n) is 4.60. The fraction of sp³-hybridized carbons (Fsp3) is 0.500. The molecule has 0 spiro atoms. The van der Waals surface area contributed by atoms with E-state index >= 15 is 0 Å². The number of aromatic nitrogens is 1. The van der Waals surface area contributed by atoms with E-state index in [1.165, 1.54) is 10.8 Å². The van der Waals surface area contributed by atoms with E-state index in [9.17, 15) is 15.0 Å².